The summed E-state index contributed by atoms with van der Waals surface area (Å²) in [5, 5.41) is 0.464. The number of nitrogens with zero attached hydrogens (tertiary/aromatic N) is 3. The van der Waals surface area contributed by atoms with E-state index in [0.717, 1.165) is 11.4 Å². The van der Waals surface area contributed by atoms with Crippen LogP contribution in [0.1, 0.15) is 11.4 Å². The molecule has 0 unspecified atom stereocenters. The average molecular weight is 206 g/mol. The minimum absolute atomic E-state index is 0.464. The largest absolute Gasteiger partial charge is 0.261 e. The molecular weight excluding hydrogens is 198 g/mol. The van der Waals surface area contributed by atoms with E-state index in [9.17, 15) is 0 Å². The third-order valence-corrected chi connectivity index (χ3v) is 1.99. The van der Waals surface area contributed by atoms with Crippen molar-refractivity contribution in [1.29, 1.82) is 0 Å². The Hall–Kier alpha value is -1.48. The van der Waals surface area contributed by atoms with Crippen molar-refractivity contribution in [2.24, 2.45) is 0 Å². The molecule has 0 N–H and O–H groups in total. The monoisotopic (exact) mass is 205 g/mol. The van der Waals surface area contributed by atoms with Crippen LogP contribution in [0.3, 0.4) is 0 Å². The van der Waals surface area contributed by atoms with Crippen molar-refractivity contribution in [2.45, 2.75) is 6.42 Å². The van der Waals surface area contributed by atoms with E-state index in [-0.39, 0.29) is 0 Å². The molecular formula is C10H8ClN3. The predicted molar refractivity (Wildman–Crippen MR) is 54.1 cm³/mol. The van der Waals surface area contributed by atoms with Gasteiger partial charge in [0.2, 0.25) is 0 Å². The maximum Gasteiger partial charge on any atom is 0.132 e. The first-order chi connectivity index (χ1) is 6.84. The van der Waals surface area contributed by atoms with Crippen molar-refractivity contribution in [3.05, 3.63) is 53.3 Å². The van der Waals surface area contributed by atoms with Crippen LogP contribution in [0.4, 0.5) is 0 Å². The van der Waals surface area contributed by atoms with Crippen molar-refractivity contribution in [2.75, 3.05) is 0 Å². The number of hydrogen-bond acceptors (Lipinski definition) is 3. The van der Waals surface area contributed by atoms with Gasteiger partial charge in [-0.3, -0.25) is 4.98 Å². The zero-order valence-electron chi connectivity index (χ0n) is 7.39. The lowest BCUT2D eigenvalue weighted by molar-refractivity contribution is 0.986. The summed E-state index contributed by atoms with van der Waals surface area (Å²) < 4.78 is 0. The van der Waals surface area contributed by atoms with Gasteiger partial charge in [0, 0.05) is 18.3 Å². The van der Waals surface area contributed by atoms with Crippen LogP contribution >= 0.6 is 11.6 Å². The van der Waals surface area contributed by atoms with E-state index < -0.39 is 0 Å². The molecule has 0 amide bonds. The van der Waals surface area contributed by atoms with Gasteiger partial charge in [-0.25, -0.2) is 9.97 Å². The molecule has 3 nitrogen and oxygen atoms in total. The highest BCUT2D eigenvalue weighted by atomic mass is 35.5. The fraction of sp³-hybridized carbons (Fsp3) is 0.100. The lowest BCUT2D eigenvalue weighted by atomic mass is 10.2. The minimum atomic E-state index is 0.464. The molecule has 0 aromatic carbocycles. The second-order valence-corrected chi connectivity index (χ2v) is 3.22. The van der Waals surface area contributed by atoms with Gasteiger partial charge in [-0.1, -0.05) is 17.7 Å². The normalized spacial score (nSPS) is 10.1. The average Bonchev–Trinajstić information content (AvgIpc) is 2.19. The second kappa shape index (κ2) is 4.15. The molecule has 2 aromatic heterocycles. The number of hydrogen-bond donors (Lipinski definition) is 0. The summed E-state index contributed by atoms with van der Waals surface area (Å²) >= 11 is 5.74. The maximum absolute atomic E-state index is 5.74. The number of aromatic nitrogens is 3. The Labute approximate surface area is 86.8 Å². The third kappa shape index (κ3) is 2.26. The molecule has 0 saturated carbocycles. The summed E-state index contributed by atoms with van der Waals surface area (Å²) in [6, 6.07) is 7.54. The number of pyridine rings is 1. The first-order valence-electron chi connectivity index (χ1n) is 4.21. The predicted octanol–water partition coefficient (Wildman–Crippen LogP) is 2.12. The SMILES string of the molecule is Clc1cc(Cc2ccccn2)ncn1. The van der Waals surface area contributed by atoms with Crippen molar-refractivity contribution < 1.29 is 0 Å². The summed E-state index contributed by atoms with van der Waals surface area (Å²) in [6.45, 7) is 0. The molecule has 0 bridgehead atoms. The van der Waals surface area contributed by atoms with Gasteiger partial charge < -0.3 is 0 Å². The number of rotatable bonds is 2. The Morgan fingerprint density at radius 3 is 2.71 bits per heavy atom. The van der Waals surface area contributed by atoms with E-state index in [1.165, 1.54) is 6.33 Å². The maximum atomic E-state index is 5.74. The highest BCUT2D eigenvalue weighted by Gasteiger charge is 1.99. The van der Waals surface area contributed by atoms with Crippen LogP contribution in [0.25, 0.3) is 0 Å². The quantitative estimate of drug-likeness (QED) is 0.705. The fourth-order valence-electron chi connectivity index (χ4n) is 1.16. The van der Waals surface area contributed by atoms with Gasteiger partial charge >= 0.3 is 0 Å². The van der Waals surface area contributed by atoms with E-state index >= 15 is 0 Å². The Morgan fingerprint density at radius 2 is 2.00 bits per heavy atom. The molecule has 14 heavy (non-hydrogen) atoms. The lowest BCUT2D eigenvalue weighted by Gasteiger charge is -1.99. The molecule has 4 heteroatoms. The molecule has 2 aromatic rings. The molecule has 70 valence electrons. The first-order valence-corrected chi connectivity index (χ1v) is 4.59. The van der Waals surface area contributed by atoms with Crippen molar-refractivity contribution in [3.63, 3.8) is 0 Å². The zero-order valence-corrected chi connectivity index (χ0v) is 8.15. The zero-order chi connectivity index (χ0) is 9.80. The van der Waals surface area contributed by atoms with E-state index in [0.29, 0.717) is 11.6 Å². The van der Waals surface area contributed by atoms with Crippen LogP contribution in [-0.4, -0.2) is 15.0 Å². The van der Waals surface area contributed by atoms with Gasteiger partial charge in [-0.15, -0.1) is 0 Å². The van der Waals surface area contributed by atoms with E-state index in [1.807, 2.05) is 18.2 Å². The van der Waals surface area contributed by atoms with Crippen LogP contribution in [0.15, 0.2) is 36.8 Å². The summed E-state index contributed by atoms with van der Waals surface area (Å²) in [4.78, 5) is 12.1. The summed E-state index contributed by atoms with van der Waals surface area (Å²) in [6.07, 6.45) is 3.90. The van der Waals surface area contributed by atoms with Gasteiger partial charge in [0.1, 0.15) is 11.5 Å². The van der Waals surface area contributed by atoms with Gasteiger partial charge in [-0.2, -0.15) is 0 Å². The second-order valence-electron chi connectivity index (χ2n) is 2.83. The lowest BCUT2D eigenvalue weighted by Crippen LogP contribution is -1.94. The molecule has 0 fully saturated rings. The Morgan fingerprint density at radius 1 is 1.07 bits per heavy atom. The molecule has 0 radical (unpaired) electrons. The standard InChI is InChI=1S/C10H8ClN3/c11-10-6-9(13-7-14-10)5-8-3-1-2-4-12-8/h1-4,6-7H,5H2. The molecule has 0 spiro atoms. The van der Waals surface area contributed by atoms with Crippen molar-refractivity contribution in [3.8, 4) is 0 Å². The van der Waals surface area contributed by atoms with Crippen LogP contribution in [0.2, 0.25) is 5.15 Å². The molecule has 2 rings (SSSR count). The van der Waals surface area contributed by atoms with Gasteiger partial charge in [0.15, 0.2) is 0 Å². The van der Waals surface area contributed by atoms with Crippen LogP contribution in [0, 0.1) is 0 Å². The van der Waals surface area contributed by atoms with Crippen molar-refractivity contribution in [1.82, 2.24) is 15.0 Å². The Balaban J connectivity index is 2.19. The smallest absolute Gasteiger partial charge is 0.132 e. The van der Waals surface area contributed by atoms with E-state index in [4.69, 9.17) is 11.6 Å². The Bertz CT molecular complexity index is 417. The Kier molecular flexibility index (Phi) is 2.70. The highest BCUT2D eigenvalue weighted by molar-refractivity contribution is 6.29. The molecule has 0 aliphatic heterocycles. The molecule has 0 aliphatic carbocycles. The molecule has 2 heterocycles. The molecule has 0 aliphatic rings. The van der Waals surface area contributed by atoms with Gasteiger partial charge in [-0.05, 0) is 18.2 Å². The van der Waals surface area contributed by atoms with E-state index in [2.05, 4.69) is 15.0 Å². The third-order valence-electron chi connectivity index (χ3n) is 1.78. The molecule has 0 atom stereocenters. The highest BCUT2D eigenvalue weighted by Crippen LogP contribution is 2.07. The van der Waals surface area contributed by atoms with Crippen LogP contribution in [-0.2, 0) is 6.42 Å². The van der Waals surface area contributed by atoms with Gasteiger partial charge in [0.05, 0.1) is 5.69 Å². The number of halogens is 1. The van der Waals surface area contributed by atoms with Gasteiger partial charge in [0.25, 0.3) is 0 Å². The fourth-order valence-corrected chi connectivity index (χ4v) is 1.32. The topological polar surface area (TPSA) is 38.7 Å². The summed E-state index contributed by atoms with van der Waals surface area (Å²) in [5.41, 5.74) is 1.85. The van der Waals surface area contributed by atoms with E-state index in [1.54, 1.807) is 12.3 Å². The van der Waals surface area contributed by atoms with Crippen LogP contribution in [0.5, 0.6) is 0 Å². The first kappa shape index (κ1) is 9.09. The van der Waals surface area contributed by atoms with Crippen LogP contribution < -0.4 is 0 Å². The van der Waals surface area contributed by atoms with Crippen molar-refractivity contribution >= 4 is 11.6 Å². The summed E-state index contributed by atoms with van der Waals surface area (Å²) in [7, 11) is 0. The summed E-state index contributed by atoms with van der Waals surface area (Å²) in [5.74, 6) is 0. The minimum Gasteiger partial charge on any atom is -0.261 e. The molecule has 0 saturated heterocycles.